The number of amides is 1. The number of carbonyl (C=O) groups is 1. The lowest BCUT2D eigenvalue weighted by Gasteiger charge is -2.24. The molecule has 1 aliphatic rings. The largest absolute Gasteiger partial charge is 0.370 e. The van der Waals surface area contributed by atoms with E-state index in [1.165, 1.54) is 12.1 Å². The topological polar surface area (TPSA) is 93.5 Å². The van der Waals surface area contributed by atoms with Crippen molar-refractivity contribution < 1.29 is 13.2 Å². The highest BCUT2D eigenvalue weighted by Crippen LogP contribution is 2.20. The molecular weight excluding hydrogens is 436 g/mol. The Balaban J connectivity index is 1.44. The number of nitrogens with zero attached hydrogens (tertiary/aromatic N) is 3. The first-order valence-electron chi connectivity index (χ1n) is 10.7. The van der Waals surface area contributed by atoms with Gasteiger partial charge in [0.1, 0.15) is 0 Å². The van der Waals surface area contributed by atoms with Crippen LogP contribution >= 0.6 is 0 Å². The van der Waals surface area contributed by atoms with Crippen LogP contribution in [0.25, 0.3) is 0 Å². The Hall–Kier alpha value is -3.83. The van der Waals surface area contributed by atoms with Crippen LogP contribution in [0.4, 0.5) is 11.4 Å². The Morgan fingerprint density at radius 3 is 2.36 bits per heavy atom. The van der Waals surface area contributed by atoms with Gasteiger partial charge in [0.2, 0.25) is 0 Å². The molecule has 1 aliphatic heterocycles. The summed E-state index contributed by atoms with van der Waals surface area (Å²) in [5.41, 5.74) is 2.43. The molecule has 1 saturated heterocycles. The Kier molecular flexibility index (Phi) is 6.61. The third-order valence-corrected chi connectivity index (χ3v) is 6.96. The molecule has 1 N–H and O–H groups in total. The van der Waals surface area contributed by atoms with Crippen LogP contribution in [0.3, 0.4) is 0 Å². The molecule has 0 aliphatic carbocycles. The van der Waals surface area contributed by atoms with Gasteiger partial charge in [0.15, 0.2) is 0 Å². The molecule has 0 aromatic heterocycles. The number of rotatable bonds is 5. The molecule has 0 radical (unpaired) electrons. The predicted octanol–water partition coefficient (Wildman–Crippen LogP) is 3.71. The van der Waals surface area contributed by atoms with Crippen molar-refractivity contribution in [2.75, 3.05) is 35.8 Å². The fourth-order valence-electron chi connectivity index (χ4n) is 3.84. The molecule has 33 heavy (non-hydrogen) atoms. The van der Waals surface area contributed by atoms with Gasteiger partial charge in [-0.05, 0) is 61.0 Å². The predicted molar refractivity (Wildman–Crippen MR) is 128 cm³/mol. The maximum Gasteiger partial charge on any atom is 0.261 e. The van der Waals surface area contributed by atoms with Gasteiger partial charge in [-0.25, -0.2) is 8.42 Å². The van der Waals surface area contributed by atoms with E-state index in [4.69, 9.17) is 5.26 Å². The van der Waals surface area contributed by atoms with Crippen molar-refractivity contribution in [2.45, 2.75) is 11.3 Å². The first-order valence-corrected chi connectivity index (χ1v) is 12.2. The minimum Gasteiger partial charge on any atom is -0.370 e. The number of hydrogen-bond acceptors (Lipinski definition) is 5. The molecule has 0 spiro atoms. The van der Waals surface area contributed by atoms with E-state index in [0.717, 1.165) is 18.7 Å². The molecule has 168 valence electrons. The maximum absolute atomic E-state index is 13.2. The summed E-state index contributed by atoms with van der Waals surface area (Å²) < 4.78 is 27.8. The highest BCUT2D eigenvalue weighted by Gasteiger charge is 2.21. The smallest absolute Gasteiger partial charge is 0.261 e. The molecular formula is C25H24N4O3S. The van der Waals surface area contributed by atoms with Crippen molar-refractivity contribution in [3.63, 3.8) is 0 Å². The molecule has 1 fully saturated rings. The zero-order chi connectivity index (χ0) is 23.3. The SMILES string of the molecule is N#Cc1ccc(N2CCCN(C(=O)c3cccc(NS(=O)(=O)c4ccccc4)c3)CC2)cc1. The van der Waals surface area contributed by atoms with Crippen LogP contribution in [0, 0.1) is 11.3 Å². The van der Waals surface area contributed by atoms with E-state index in [-0.39, 0.29) is 10.8 Å². The quantitative estimate of drug-likeness (QED) is 0.627. The molecule has 3 aromatic carbocycles. The maximum atomic E-state index is 13.2. The van der Waals surface area contributed by atoms with Gasteiger partial charge in [-0.1, -0.05) is 24.3 Å². The molecule has 3 aromatic rings. The molecule has 1 amide bonds. The van der Waals surface area contributed by atoms with E-state index in [1.54, 1.807) is 59.5 Å². The second-order valence-corrected chi connectivity index (χ2v) is 9.47. The van der Waals surface area contributed by atoms with Crippen LogP contribution in [0.2, 0.25) is 0 Å². The standard InChI is InChI=1S/C25H24N4O3S/c26-19-20-10-12-23(13-11-20)28-14-5-15-29(17-16-28)25(30)21-6-4-7-22(18-21)27-33(31,32)24-8-2-1-3-9-24/h1-4,6-13,18,27H,5,14-17H2. The third kappa shape index (κ3) is 5.33. The number of nitrogens with one attached hydrogen (secondary N) is 1. The zero-order valence-corrected chi connectivity index (χ0v) is 18.8. The van der Waals surface area contributed by atoms with Gasteiger partial charge in [0, 0.05) is 43.1 Å². The average Bonchev–Trinajstić information content (AvgIpc) is 3.10. The van der Waals surface area contributed by atoms with E-state index in [1.807, 2.05) is 12.1 Å². The number of carbonyl (C=O) groups excluding carboxylic acids is 1. The highest BCUT2D eigenvalue weighted by atomic mass is 32.2. The summed E-state index contributed by atoms with van der Waals surface area (Å²) in [5.74, 6) is -0.127. The monoisotopic (exact) mass is 460 g/mol. The second kappa shape index (κ2) is 9.76. The van der Waals surface area contributed by atoms with Crippen LogP contribution in [0.15, 0.2) is 83.8 Å². The summed E-state index contributed by atoms with van der Waals surface area (Å²) in [6.07, 6.45) is 0.812. The molecule has 0 atom stereocenters. The van der Waals surface area contributed by atoms with Crippen molar-refractivity contribution in [1.29, 1.82) is 5.26 Å². The van der Waals surface area contributed by atoms with Crippen molar-refractivity contribution in [2.24, 2.45) is 0 Å². The van der Waals surface area contributed by atoms with Gasteiger partial charge >= 0.3 is 0 Å². The lowest BCUT2D eigenvalue weighted by Crippen LogP contribution is -2.35. The fraction of sp³-hybridized carbons (Fsp3) is 0.200. The number of benzene rings is 3. The van der Waals surface area contributed by atoms with Crippen molar-refractivity contribution in [1.82, 2.24) is 4.90 Å². The van der Waals surface area contributed by atoms with Crippen molar-refractivity contribution in [3.05, 3.63) is 90.0 Å². The Bertz CT molecular complexity index is 1270. The van der Waals surface area contributed by atoms with Gasteiger partial charge in [-0.2, -0.15) is 5.26 Å². The molecule has 0 unspecified atom stereocenters. The third-order valence-electron chi connectivity index (χ3n) is 5.56. The Morgan fingerprint density at radius 1 is 0.879 bits per heavy atom. The number of hydrogen-bond donors (Lipinski definition) is 1. The Morgan fingerprint density at radius 2 is 1.64 bits per heavy atom. The van der Waals surface area contributed by atoms with Gasteiger partial charge in [-0.3, -0.25) is 9.52 Å². The van der Waals surface area contributed by atoms with Crippen molar-refractivity contribution >= 4 is 27.3 Å². The van der Waals surface area contributed by atoms with Gasteiger partial charge in [0.05, 0.1) is 16.5 Å². The molecule has 0 saturated carbocycles. The number of sulfonamides is 1. The lowest BCUT2D eigenvalue weighted by atomic mass is 10.1. The fourth-order valence-corrected chi connectivity index (χ4v) is 4.91. The highest BCUT2D eigenvalue weighted by molar-refractivity contribution is 7.92. The summed E-state index contributed by atoms with van der Waals surface area (Å²) in [5, 5.41) is 8.98. The van der Waals surface area contributed by atoms with Crippen LogP contribution in [-0.2, 0) is 10.0 Å². The zero-order valence-electron chi connectivity index (χ0n) is 18.0. The van der Waals surface area contributed by atoms with E-state index in [2.05, 4.69) is 15.7 Å². The average molecular weight is 461 g/mol. The van der Waals surface area contributed by atoms with Gasteiger partial charge < -0.3 is 9.80 Å². The summed E-state index contributed by atoms with van der Waals surface area (Å²) >= 11 is 0. The first kappa shape index (κ1) is 22.4. The summed E-state index contributed by atoms with van der Waals surface area (Å²) in [6.45, 7) is 2.66. The van der Waals surface area contributed by atoms with Gasteiger partial charge in [0.25, 0.3) is 15.9 Å². The van der Waals surface area contributed by atoms with Crippen LogP contribution in [0.5, 0.6) is 0 Å². The molecule has 4 rings (SSSR count). The van der Waals surface area contributed by atoms with Crippen molar-refractivity contribution in [3.8, 4) is 6.07 Å². The molecule has 8 heteroatoms. The molecule has 0 bridgehead atoms. The first-order chi connectivity index (χ1) is 16.0. The van der Waals surface area contributed by atoms with E-state index < -0.39 is 10.0 Å². The Labute approximate surface area is 193 Å². The second-order valence-electron chi connectivity index (χ2n) is 7.79. The van der Waals surface area contributed by atoms with Crippen LogP contribution in [-0.4, -0.2) is 45.4 Å². The van der Waals surface area contributed by atoms with Crippen LogP contribution in [0.1, 0.15) is 22.3 Å². The summed E-state index contributed by atoms with van der Waals surface area (Å²) in [7, 11) is -3.73. The minimum absolute atomic E-state index is 0.127. The minimum atomic E-state index is -3.73. The lowest BCUT2D eigenvalue weighted by molar-refractivity contribution is 0.0767. The summed E-state index contributed by atoms with van der Waals surface area (Å²) in [4.78, 5) is 17.3. The number of nitriles is 1. The van der Waals surface area contributed by atoms with E-state index >= 15 is 0 Å². The molecule has 1 heterocycles. The van der Waals surface area contributed by atoms with Crippen LogP contribution < -0.4 is 9.62 Å². The van der Waals surface area contributed by atoms with Gasteiger partial charge in [-0.15, -0.1) is 0 Å². The van der Waals surface area contributed by atoms with E-state index in [9.17, 15) is 13.2 Å². The number of anilines is 2. The normalized spacial score (nSPS) is 14.3. The summed E-state index contributed by atoms with van der Waals surface area (Å²) in [6, 6.07) is 24.3. The molecule has 7 nitrogen and oxygen atoms in total. The van der Waals surface area contributed by atoms with E-state index in [0.29, 0.717) is 36.4 Å².